The van der Waals surface area contributed by atoms with Gasteiger partial charge in [-0.2, -0.15) is 13.2 Å². The van der Waals surface area contributed by atoms with E-state index in [2.05, 4.69) is 25.3 Å². The number of piperidine rings is 1. The lowest BCUT2D eigenvalue weighted by Gasteiger charge is -2.45. The van der Waals surface area contributed by atoms with E-state index in [1.165, 1.54) is 6.20 Å². The molecule has 0 spiro atoms. The Hall–Kier alpha value is -3.22. The van der Waals surface area contributed by atoms with Gasteiger partial charge < -0.3 is 24.6 Å². The summed E-state index contributed by atoms with van der Waals surface area (Å²) < 4.78 is 42.7. The Morgan fingerprint density at radius 2 is 1.94 bits per heavy atom. The van der Waals surface area contributed by atoms with Gasteiger partial charge in [0.15, 0.2) is 0 Å². The number of hydrogen-bond acceptors (Lipinski definition) is 8. The number of carboxylic acid groups (broad SMARTS) is 1. The molecule has 1 amide bonds. The summed E-state index contributed by atoms with van der Waals surface area (Å²) in [5.74, 6) is -1.40. The SMILES string of the molecule is Cc1oncc1C(=O)N[C@@H]1CN(c2ncccn2)C[C@@H]2CCCO[C@@H]21.O=C(O)C(F)(F)F. The zero-order valence-corrected chi connectivity index (χ0v) is 17.1. The summed E-state index contributed by atoms with van der Waals surface area (Å²) >= 11 is 0. The summed E-state index contributed by atoms with van der Waals surface area (Å²) in [6.45, 7) is 3.92. The topological polar surface area (TPSA) is 131 Å². The minimum Gasteiger partial charge on any atom is -0.475 e. The van der Waals surface area contributed by atoms with Gasteiger partial charge in [-0.1, -0.05) is 5.16 Å². The molecule has 2 fully saturated rings. The highest BCUT2D eigenvalue weighted by molar-refractivity contribution is 5.95. The lowest BCUT2D eigenvalue weighted by atomic mass is 9.85. The van der Waals surface area contributed by atoms with Crippen molar-refractivity contribution in [2.75, 3.05) is 24.6 Å². The summed E-state index contributed by atoms with van der Waals surface area (Å²) in [5.41, 5.74) is 0.459. The molecule has 2 aromatic heterocycles. The summed E-state index contributed by atoms with van der Waals surface area (Å²) in [4.78, 5) is 32.3. The molecule has 13 heteroatoms. The van der Waals surface area contributed by atoms with Gasteiger partial charge in [0, 0.05) is 38.0 Å². The quantitative estimate of drug-likeness (QED) is 0.709. The van der Waals surface area contributed by atoms with Crippen molar-refractivity contribution in [2.45, 2.75) is 38.1 Å². The van der Waals surface area contributed by atoms with Crippen LogP contribution in [0, 0.1) is 12.8 Å². The van der Waals surface area contributed by atoms with Crippen molar-refractivity contribution < 1.29 is 37.1 Å². The van der Waals surface area contributed by atoms with Gasteiger partial charge in [-0.25, -0.2) is 14.8 Å². The largest absolute Gasteiger partial charge is 0.490 e. The van der Waals surface area contributed by atoms with E-state index in [1.807, 2.05) is 0 Å². The van der Waals surface area contributed by atoms with E-state index >= 15 is 0 Å². The molecule has 2 saturated heterocycles. The number of carbonyl (C=O) groups is 2. The van der Waals surface area contributed by atoms with Crippen molar-refractivity contribution in [1.82, 2.24) is 20.4 Å². The van der Waals surface area contributed by atoms with Crippen molar-refractivity contribution >= 4 is 17.8 Å². The smallest absolute Gasteiger partial charge is 0.475 e. The first-order valence-electron chi connectivity index (χ1n) is 9.82. The molecule has 4 rings (SSSR count). The highest BCUT2D eigenvalue weighted by Crippen LogP contribution is 2.30. The molecule has 32 heavy (non-hydrogen) atoms. The van der Waals surface area contributed by atoms with Crippen LogP contribution in [0.1, 0.15) is 29.0 Å². The molecule has 0 aromatic carbocycles. The van der Waals surface area contributed by atoms with Crippen LogP contribution in [0.3, 0.4) is 0 Å². The van der Waals surface area contributed by atoms with Crippen LogP contribution in [0.25, 0.3) is 0 Å². The summed E-state index contributed by atoms with van der Waals surface area (Å²) in [6, 6.07) is 1.66. The third-order valence-corrected chi connectivity index (χ3v) is 5.15. The number of nitrogens with zero attached hydrogens (tertiary/aromatic N) is 4. The number of fused-ring (bicyclic) bond motifs is 1. The predicted octanol–water partition coefficient (Wildman–Crippen LogP) is 1.82. The molecule has 2 aliphatic rings. The fourth-order valence-electron chi connectivity index (χ4n) is 3.71. The van der Waals surface area contributed by atoms with Gasteiger partial charge in [0.25, 0.3) is 5.91 Å². The van der Waals surface area contributed by atoms with Crippen molar-refractivity contribution in [3.8, 4) is 0 Å². The van der Waals surface area contributed by atoms with Gasteiger partial charge in [-0.05, 0) is 25.8 Å². The van der Waals surface area contributed by atoms with Crippen LogP contribution < -0.4 is 10.2 Å². The molecule has 0 saturated carbocycles. The number of hydrogen-bond donors (Lipinski definition) is 2. The van der Waals surface area contributed by atoms with Crippen LogP contribution in [0.4, 0.5) is 19.1 Å². The molecule has 174 valence electrons. The highest BCUT2D eigenvalue weighted by Gasteiger charge is 2.41. The first kappa shape index (κ1) is 23.4. The monoisotopic (exact) mass is 457 g/mol. The third kappa shape index (κ3) is 5.72. The van der Waals surface area contributed by atoms with Crippen LogP contribution in [-0.2, 0) is 9.53 Å². The number of aliphatic carboxylic acids is 1. The number of carboxylic acids is 1. The average molecular weight is 457 g/mol. The number of carbonyl (C=O) groups excluding carboxylic acids is 1. The Labute approximate surface area is 180 Å². The highest BCUT2D eigenvalue weighted by atomic mass is 19.4. The second kappa shape index (κ2) is 9.94. The molecule has 2 N–H and O–H groups in total. The van der Waals surface area contributed by atoms with Gasteiger partial charge >= 0.3 is 12.1 Å². The molecule has 3 atom stereocenters. The van der Waals surface area contributed by atoms with Gasteiger partial charge in [0.1, 0.15) is 11.3 Å². The van der Waals surface area contributed by atoms with E-state index in [-0.39, 0.29) is 18.1 Å². The van der Waals surface area contributed by atoms with Gasteiger partial charge in [0.2, 0.25) is 5.95 Å². The number of anilines is 1. The molecular weight excluding hydrogens is 435 g/mol. The lowest BCUT2D eigenvalue weighted by Crippen LogP contribution is -2.61. The number of rotatable bonds is 3. The van der Waals surface area contributed by atoms with Crippen LogP contribution in [-0.4, -0.2) is 70.1 Å². The molecule has 0 unspecified atom stereocenters. The fourth-order valence-corrected chi connectivity index (χ4v) is 3.71. The molecule has 0 aliphatic carbocycles. The van der Waals surface area contributed by atoms with Crippen molar-refractivity contribution in [3.63, 3.8) is 0 Å². The second-order valence-corrected chi connectivity index (χ2v) is 7.37. The molecular formula is C19H22F3N5O5. The molecule has 4 heterocycles. The Balaban J connectivity index is 0.000000360. The normalized spacial score (nSPS) is 22.9. The second-order valence-electron chi connectivity index (χ2n) is 7.37. The summed E-state index contributed by atoms with van der Waals surface area (Å²) in [5, 5.41) is 13.9. The first-order valence-corrected chi connectivity index (χ1v) is 9.82. The van der Waals surface area contributed by atoms with Gasteiger partial charge in [-0.3, -0.25) is 4.79 Å². The summed E-state index contributed by atoms with van der Waals surface area (Å²) in [7, 11) is 0. The molecule has 0 bridgehead atoms. The van der Waals surface area contributed by atoms with Crippen molar-refractivity contribution in [3.05, 3.63) is 36.0 Å². The molecule has 0 radical (unpaired) electrons. The minimum atomic E-state index is -5.08. The average Bonchev–Trinajstić information content (AvgIpc) is 3.20. The van der Waals surface area contributed by atoms with E-state index in [4.69, 9.17) is 19.2 Å². The Kier molecular flexibility index (Phi) is 7.28. The number of nitrogens with one attached hydrogen (secondary N) is 1. The maximum Gasteiger partial charge on any atom is 0.490 e. The van der Waals surface area contributed by atoms with E-state index in [1.54, 1.807) is 25.4 Å². The van der Waals surface area contributed by atoms with Gasteiger partial charge in [0.05, 0.1) is 18.3 Å². The van der Waals surface area contributed by atoms with E-state index in [9.17, 15) is 18.0 Å². The zero-order valence-electron chi connectivity index (χ0n) is 17.1. The van der Waals surface area contributed by atoms with Gasteiger partial charge in [-0.15, -0.1) is 0 Å². The van der Waals surface area contributed by atoms with E-state index in [0.717, 1.165) is 26.0 Å². The predicted molar refractivity (Wildman–Crippen MR) is 103 cm³/mol. The maximum atomic E-state index is 12.6. The number of alkyl halides is 3. The number of ether oxygens (including phenoxy) is 1. The third-order valence-electron chi connectivity index (χ3n) is 5.15. The molecule has 10 nitrogen and oxygen atoms in total. The lowest BCUT2D eigenvalue weighted by molar-refractivity contribution is -0.192. The fraction of sp³-hybridized carbons (Fsp3) is 0.526. The van der Waals surface area contributed by atoms with Crippen LogP contribution in [0.15, 0.2) is 29.2 Å². The maximum absolute atomic E-state index is 12.6. The Bertz CT molecular complexity index is 924. The van der Waals surface area contributed by atoms with E-state index < -0.39 is 12.1 Å². The number of aryl methyl sites for hydroxylation is 1. The molecule has 2 aliphatic heterocycles. The van der Waals surface area contributed by atoms with Crippen molar-refractivity contribution in [1.29, 1.82) is 0 Å². The minimum absolute atomic E-state index is 0.0119. The number of aromatic nitrogens is 3. The zero-order chi connectivity index (χ0) is 23.3. The standard InChI is InChI=1S/C17H21N5O3.C2HF3O2/c1-11-13(8-20-25-11)16(23)21-14-10-22(17-18-5-3-6-19-17)9-12-4-2-7-24-15(12)14;3-2(4,5)1(6)7/h3,5-6,8,12,14-15H,2,4,7,9-10H2,1H3,(H,21,23);(H,6,7)/t12-,14+,15-;/m0./s1. The number of amides is 1. The Morgan fingerprint density at radius 3 is 2.53 bits per heavy atom. The van der Waals surface area contributed by atoms with Crippen LogP contribution in [0.2, 0.25) is 0 Å². The first-order chi connectivity index (χ1) is 15.2. The van der Waals surface area contributed by atoms with E-state index in [0.29, 0.717) is 29.7 Å². The Morgan fingerprint density at radius 1 is 1.25 bits per heavy atom. The number of halogens is 3. The molecule has 2 aromatic rings. The van der Waals surface area contributed by atoms with Crippen molar-refractivity contribution in [2.24, 2.45) is 5.92 Å². The summed E-state index contributed by atoms with van der Waals surface area (Å²) in [6.07, 6.45) is 1.96. The van der Waals surface area contributed by atoms with Crippen LogP contribution in [0.5, 0.6) is 0 Å². The van der Waals surface area contributed by atoms with Crippen LogP contribution >= 0.6 is 0 Å².